The molecule has 1 fully saturated rings. The van der Waals surface area contributed by atoms with Gasteiger partial charge in [-0.25, -0.2) is 22.7 Å². The van der Waals surface area contributed by atoms with Gasteiger partial charge in [0, 0.05) is 19.6 Å². The molecule has 0 spiro atoms. The lowest BCUT2D eigenvalue weighted by Crippen LogP contribution is -2.56. The van der Waals surface area contributed by atoms with Gasteiger partial charge in [-0.3, -0.25) is 0 Å². The quantitative estimate of drug-likeness (QED) is 0.609. The van der Waals surface area contributed by atoms with Crippen LogP contribution in [-0.2, 0) is 14.8 Å². The number of nitrogens with zero attached hydrogens (tertiary/aromatic N) is 1. The summed E-state index contributed by atoms with van der Waals surface area (Å²) in [6, 6.07) is -0.525. The summed E-state index contributed by atoms with van der Waals surface area (Å²) in [5.41, 5.74) is -1.18. The molecule has 1 heterocycles. The Bertz CT molecular complexity index is 493. The molecule has 0 aromatic rings. The SMILES string of the molecule is CCNS(=O)(=O)CCNC(=O)N1CCCC1(CC)C(=O)O. The number of sulfonamides is 1. The maximum atomic E-state index is 12.1. The molecule has 1 atom stereocenters. The summed E-state index contributed by atoms with van der Waals surface area (Å²) < 4.78 is 25.2. The summed E-state index contributed by atoms with van der Waals surface area (Å²) >= 11 is 0. The Morgan fingerprint density at radius 3 is 2.52 bits per heavy atom. The Hall–Kier alpha value is -1.35. The Morgan fingerprint density at radius 2 is 2.00 bits per heavy atom. The third-order valence-electron chi connectivity index (χ3n) is 3.73. The molecule has 1 aliphatic heterocycles. The van der Waals surface area contributed by atoms with Gasteiger partial charge in [0.15, 0.2) is 0 Å². The van der Waals surface area contributed by atoms with Crippen LogP contribution < -0.4 is 10.0 Å². The minimum Gasteiger partial charge on any atom is -0.479 e. The van der Waals surface area contributed by atoms with Crippen molar-refractivity contribution in [2.75, 3.05) is 25.4 Å². The highest BCUT2D eigenvalue weighted by atomic mass is 32.2. The zero-order valence-corrected chi connectivity index (χ0v) is 13.2. The zero-order valence-electron chi connectivity index (χ0n) is 12.4. The molecule has 0 aliphatic carbocycles. The molecule has 2 amide bonds. The van der Waals surface area contributed by atoms with Gasteiger partial charge in [0.2, 0.25) is 10.0 Å². The molecule has 0 bridgehead atoms. The van der Waals surface area contributed by atoms with Gasteiger partial charge < -0.3 is 15.3 Å². The summed E-state index contributed by atoms with van der Waals surface area (Å²) in [5.74, 6) is -1.25. The molecule has 21 heavy (non-hydrogen) atoms. The van der Waals surface area contributed by atoms with Gasteiger partial charge in [-0.2, -0.15) is 0 Å². The first kappa shape index (κ1) is 17.7. The van der Waals surface area contributed by atoms with Crippen LogP contribution in [0.25, 0.3) is 0 Å². The van der Waals surface area contributed by atoms with E-state index >= 15 is 0 Å². The van der Waals surface area contributed by atoms with Crippen molar-refractivity contribution in [2.45, 2.75) is 38.6 Å². The number of carbonyl (C=O) groups is 2. The summed E-state index contributed by atoms with van der Waals surface area (Å²) in [4.78, 5) is 24.9. The van der Waals surface area contributed by atoms with E-state index in [2.05, 4.69) is 10.0 Å². The van der Waals surface area contributed by atoms with Crippen LogP contribution >= 0.6 is 0 Å². The molecule has 122 valence electrons. The lowest BCUT2D eigenvalue weighted by Gasteiger charge is -2.33. The Balaban J connectivity index is 2.61. The average Bonchev–Trinajstić information content (AvgIpc) is 2.83. The highest BCUT2D eigenvalue weighted by Gasteiger charge is 2.48. The number of likely N-dealkylation sites (tertiary alicyclic amines) is 1. The summed E-state index contributed by atoms with van der Waals surface area (Å²) in [5, 5.41) is 11.9. The fourth-order valence-electron chi connectivity index (χ4n) is 2.60. The van der Waals surface area contributed by atoms with E-state index in [9.17, 15) is 23.1 Å². The predicted molar refractivity (Wildman–Crippen MR) is 77.5 cm³/mol. The number of amides is 2. The smallest absolute Gasteiger partial charge is 0.329 e. The monoisotopic (exact) mass is 321 g/mol. The largest absolute Gasteiger partial charge is 0.479 e. The third-order valence-corrected chi connectivity index (χ3v) is 5.20. The molecule has 0 aromatic carbocycles. The van der Waals surface area contributed by atoms with Gasteiger partial charge in [-0.15, -0.1) is 0 Å². The zero-order chi connectivity index (χ0) is 16.1. The second-order valence-electron chi connectivity index (χ2n) is 4.99. The number of carboxylic acid groups (broad SMARTS) is 1. The molecule has 8 nitrogen and oxygen atoms in total. The van der Waals surface area contributed by atoms with E-state index < -0.39 is 27.6 Å². The molecule has 0 radical (unpaired) electrons. The summed E-state index contributed by atoms with van der Waals surface area (Å²) in [6.07, 6.45) is 1.37. The maximum Gasteiger partial charge on any atom is 0.329 e. The Labute approximate surface area is 124 Å². The van der Waals surface area contributed by atoms with Crippen LogP contribution in [0.2, 0.25) is 0 Å². The van der Waals surface area contributed by atoms with Crippen molar-refractivity contribution < 1.29 is 23.1 Å². The van der Waals surface area contributed by atoms with Crippen LogP contribution in [0, 0.1) is 0 Å². The van der Waals surface area contributed by atoms with Gasteiger partial charge in [-0.05, 0) is 19.3 Å². The van der Waals surface area contributed by atoms with Crippen molar-refractivity contribution >= 4 is 22.0 Å². The van der Waals surface area contributed by atoms with Crippen LogP contribution in [0.4, 0.5) is 4.79 Å². The van der Waals surface area contributed by atoms with E-state index in [0.717, 1.165) is 0 Å². The van der Waals surface area contributed by atoms with E-state index in [1.165, 1.54) is 4.90 Å². The minimum atomic E-state index is -3.40. The van der Waals surface area contributed by atoms with Crippen molar-refractivity contribution in [1.82, 2.24) is 14.9 Å². The fraction of sp³-hybridized carbons (Fsp3) is 0.833. The van der Waals surface area contributed by atoms with Crippen LogP contribution in [-0.4, -0.2) is 61.4 Å². The number of carbonyl (C=O) groups excluding carboxylic acids is 1. The van der Waals surface area contributed by atoms with Crippen molar-refractivity contribution in [1.29, 1.82) is 0 Å². The van der Waals surface area contributed by atoms with E-state index in [4.69, 9.17) is 0 Å². The second kappa shape index (κ2) is 7.08. The van der Waals surface area contributed by atoms with Crippen LogP contribution in [0.5, 0.6) is 0 Å². The third kappa shape index (κ3) is 4.07. The molecule has 0 aromatic heterocycles. The van der Waals surface area contributed by atoms with Crippen molar-refractivity contribution in [3.63, 3.8) is 0 Å². The topological polar surface area (TPSA) is 116 Å². The number of hydrogen-bond donors (Lipinski definition) is 3. The normalized spacial score (nSPS) is 22.3. The van der Waals surface area contributed by atoms with Gasteiger partial charge in [-0.1, -0.05) is 13.8 Å². The number of nitrogens with one attached hydrogen (secondary N) is 2. The first-order chi connectivity index (χ1) is 9.79. The highest BCUT2D eigenvalue weighted by Crippen LogP contribution is 2.32. The number of carboxylic acids is 1. The second-order valence-corrected chi connectivity index (χ2v) is 6.92. The average molecular weight is 321 g/mol. The number of hydrogen-bond acceptors (Lipinski definition) is 4. The van der Waals surface area contributed by atoms with E-state index in [-0.39, 0.29) is 12.3 Å². The Kier molecular flexibility index (Phi) is 5.97. The lowest BCUT2D eigenvalue weighted by atomic mass is 9.93. The van der Waals surface area contributed by atoms with E-state index in [0.29, 0.717) is 32.4 Å². The van der Waals surface area contributed by atoms with Crippen molar-refractivity contribution in [2.24, 2.45) is 0 Å². The highest BCUT2D eigenvalue weighted by molar-refractivity contribution is 7.89. The molecule has 1 rings (SSSR count). The predicted octanol–water partition coefficient (Wildman–Crippen LogP) is -0.0355. The van der Waals surface area contributed by atoms with Crippen LogP contribution in [0.1, 0.15) is 33.1 Å². The van der Waals surface area contributed by atoms with E-state index in [1.807, 2.05) is 0 Å². The maximum absolute atomic E-state index is 12.1. The number of rotatable bonds is 7. The van der Waals surface area contributed by atoms with Gasteiger partial charge in [0.05, 0.1) is 5.75 Å². The molecular weight excluding hydrogens is 298 g/mol. The fourth-order valence-corrected chi connectivity index (χ4v) is 3.55. The van der Waals surface area contributed by atoms with Crippen molar-refractivity contribution in [3.05, 3.63) is 0 Å². The molecule has 0 saturated carbocycles. The molecule has 1 aliphatic rings. The number of urea groups is 1. The molecule has 1 unspecified atom stereocenters. The van der Waals surface area contributed by atoms with E-state index in [1.54, 1.807) is 13.8 Å². The Morgan fingerprint density at radius 1 is 1.33 bits per heavy atom. The molecule has 9 heteroatoms. The summed E-state index contributed by atoms with van der Waals surface area (Å²) in [6.45, 7) is 4.01. The molecule has 3 N–H and O–H groups in total. The van der Waals surface area contributed by atoms with Gasteiger partial charge in [0.25, 0.3) is 0 Å². The number of aliphatic carboxylic acids is 1. The summed E-state index contributed by atoms with van der Waals surface area (Å²) in [7, 11) is -3.40. The van der Waals surface area contributed by atoms with Crippen LogP contribution in [0.3, 0.4) is 0 Å². The first-order valence-corrected chi connectivity index (χ1v) is 8.70. The van der Waals surface area contributed by atoms with Crippen molar-refractivity contribution in [3.8, 4) is 0 Å². The van der Waals surface area contributed by atoms with Gasteiger partial charge in [0.1, 0.15) is 5.54 Å². The van der Waals surface area contributed by atoms with Gasteiger partial charge >= 0.3 is 12.0 Å². The van der Waals surface area contributed by atoms with Crippen LogP contribution in [0.15, 0.2) is 0 Å². The molecule has 1 saturated heterocycles. The standard InChI is InChI=1S/C12H23N3O5S/c1-3-12(10(16)17)6-5-8-15(12)11(18)13-7-9-21(19,20)14-4-2/h14H,3-9H2,1-2H3,(H,13,18)(H,16,17). The molecular formula is C12H23N3O5S. The first-order valence-electron chi connectivity index (χ1n) is 7.05. The lowest BCUT2D eigenvalue weighted by molar-refractivity contribution is -0.148. The minimum absolute atomic E-state index is 0.0515.